The molecule has 0 saturated carbocycles. The third-order valence-corrected chi connectivity index (χ3v) is 8.38. The monoisotopic (exact) mass is 636 g/mol. The number of rotatable bonds is 32. The number of hydrogen-bond acceptors (Lipinski definition) is 4. The summed E-state index contributed by atoms with van der Waals surface area (Å²) in [4.78, 5) is 21.1. The van der Waals surface area contributed by atoms with Gasteiger partial charge in [-0.2, -0.15) is 15.4 Å². The number of H-pyrrole nitrogens is 1. The number of nitrogens with one attached hydrogen (secondary N) is 1. The van der Waals surface area contributed by atoms with Gasteiger partial charge in [-0.1, -0.05) is 194 Å². The molecule has 2 amide bonds. The highest BCUT2D eigenvalue weighted by atomic mass is 16.1. The summed E-state index contributed by atoms with van der Waals surface area (Å²) in [5, 5.41) is 9.33. The topological polar surface area (TPSA) is 128 Å². The molecule has 1 aromatic heterocycles. The number of unbranched alkanes of at least 4 members (excludes halogenated alkanes) is 28. The first-order valence-corrected chi connectivity index (χ1v) is 19.4. The normalized spacial score (nSPS) is 10.5. The summed E-state index contributed by atoms with van der Waals surface area (Å²) in [6.45, 7) is 4.55. The van der Waals surface area contributed by atoms with Crippen LogP contribution in [0.5, 0.6) is 0 Å². The number of carbonyl (C=O) groups excluding carboxylic acids is 2. The second-order valence-electron chi connectivity index (χ2n) is 13.0. The lowest BCUT2D eigenvalue weighted by Crippen LogP contribution is -2.09. The Morgan fingerprint density at radius 3 is 0.756 bits per heavy atom. The predicted octanol–water partition coefficient (Wildman–Crippen LogP) is 11.3. The number of amides is 2. The van der Waals surface area contributed by atoms with Gasteiger partial charge in [-0.05, 0) is 12.8 Å². The SMILES string of the molecule is CCCCCCCCCCCCCCCCCC(N)=O.CCCCCCCCCCCCCCCCCC(N)=O.c1cn[nH]n1. The zero-order valence-electron chi connectivity index (χ0n) is 30.1. The van der Waals surface area contributed by atoms with Crippen molar-refractivity contribution in [2.75, 3.05) is 0 Å². The Hall–Kier alpha value is -1.92. The average Bonchev–Trinajstić information content (AvgIpc) is 3.62. The number of primary amides is 2. The molecule has 0 aliphatic heterocycles. The van der Waals surface area contributed by atoms with Crippen LogP contribution in [-0.2, 0) is 9.59 Å². The van der Waals surface area contributed by atoms with Crippen molar-refractivity contribution < 1.29 is 9.59 Å². The van der Waals surface area contributed by atoms with E-state index in [-0.39, 0.29) is 11.8 Å². The summed E-state index contributed by atoms with van der Waals surface area (Å²) in [5.74, 6) is -0.306. The number of aromatic nitrogens is 3. The third-order valence-electron chi connectivity index (χ3n) is 8.38. The van der Waals surface area contributed by atoms with Gasteiger partial charge in [-0.25, -0.2) is 0 Å². The van der Waals surface area contributed by atoms with Crippen LogP contribution in [0.25, 0.3) is 0 Å². The van der Waals surface area contributed by atoms with E-state index in [1.807, 2.05) is 0 Å². The fraction of sp³-hybridized carbons (Fsp3) is 0.895. The van der Waals surface area contributed by atoms with E-state index in [9.17, 15) is 9.59 Å². The highest BCUT2D eigenvalue weighted by Crippen LogP contribution is 2.15. The van der Waals surface area contributed by atoms with Crippen LogP contribution in [-0.4, -0.2) is 27.2 Å². The van der Waals surface area contributed by atoms with Gasteiger partial charge >= 0.3 is 0 Å². The van der Waals surface area contributed by atoms with Crippen molar-refractivity contribution in [3.8, 4) is 0 Å². The largest absolute Gasteiger partial charge is 0.370 e. The van der Waals surface area contributed by atoms with Crippen molar-refractivity contribution in [3.05, 3.63) is 12.4 Å². The number of aromatic amines is 1. The van der Waals surface area contributed by atoms with Gasteiger partial charge in [0.05, 0.1) is 12.4 Å². The molecule has 0 aliphatic rings. The minimum absolute atomic E-state index is 0.153. The Bertz CT molecular complexity index is 608. The van der Waals surface area contributed by atoms with Crippen molar-refractivity contribution in [1.29, 1.82) is 0 Å². The number of nitrogens with zero attached hydrogens (tertiary/aromatic N) is 2. The summed E-state index contributed by atoms with van der Waals surface area (Å²) in [7, 11) is 0. The van der Waals surface area contributed by atoms with Crippen molar-refractivity contribution in [3.63, 3.8) is 0 Å². The summed E-state index contributed by atoms with van der Waals surface area (Å²) >= 11 is 0. The van der Waals surface area contributed by atoms with Gasteiger partial charge in [-0.15, -0.1) is 0 Å². The van der Waals surface area contributed by atoms with Crippen molar-refractivity contribution in [1.82, 2.24) is 15.4 Å². The van der Waals surface area contributed by atoms with Crippen LogP contribution in [0.2, 0.25) is 0 Å². The highest BCUT2D eigenvalue weighted by molar-refractivity contribution is 5.73. The molecule has 7 heteroatoms. The molecule has 0 fully saturated rings. The quantitative estimate of drug-likeness (QED) is 0.0680. The molecule has 1 aromatic rings. The molecule has 266 valence electrons. The van der Waals surface area contributed by atoms with Crippen LogP contribution in [0.15, 0.2) is 12.4 Å². The van der Waals surface area contributed by atoms with Gasteiger partial charge in [0.25, 0.3) is 0 Å². The lowest BCUT2D eigenvalue weighted by atomic mass is 10.0. The van der Waals surface area contributed by atoms with Crippen LogP contribution in [0.1, 0.15) is 219 Å². The van der Waals surface area contributed by atoms with E-state index in [0.29, 0.717) is 12.8 Å². The number of hydrogen-bond donors (Lipinski definition) is 3. The maximum atomic E-state index is 10.6. The van der Waals surface area contributed by atoms with Crippen molar-refractivity contribution in [2.45, 2.75) is 219 Å². The third kappa shape index (κ3) is 49.2. The lowest BCUT2D eigenvalue weighted by molar-refractivity contribution is -0.119. The minimum atomic E-state index is -0.153. The molecular formula is C38H77N5O2. The van der Waals surface area contributed by atoms with Crippen LogP contribution >= 0.6 is 0 Å². The summed E-state index contributed by atoms with van der Waals surface area (Å²) in [5.41, 5.74) is 10.2. The first kappa shape index (κ1) is 45.2. The van der Waals surface area contributed by atoms with Crippen LogP contribution in [0.4, 0.5) is 0 Å². The Labute approximate surface area is 279 Å². The fourth-order valence-electron chi connectivity index (χ4n) is 5.51. The fourth-order valence-corrected chi connectivity index (χ4v) is 5.51. The zero-order chi connectivity index (χ0) is 33.3. The molecule has 0 aromatic carbocycles. The van der Waals surface area contributed by atoms with E-state index in [4.69, 9.17) is 11.5 Å². The van der Waals surface area contributed by atoms with Crippen molar-refractivity contribution >= 4 is 11.8 Å². The van der Waals surface area contributed by atoms with Gasteiger partial charge in [0.15, 0.2) is 0 Å². The maximum Gasteiger partial charge on any atom is 0.217 e. The maximum absolute atomic E-state index is 10.6. The molecule has 0 radical (unpaired) electrons. The van der Waals surface area contributed by atoms with Gasteiger partial charge < -0.3 is 11.5 Å². The molecule has 1 rings (SSSR count). The molecular weight excluding hydrogens is 558 g/mol. The molecule has 0 saturated heterocycles. The molecule has 1 heterocycles. The second kappa shape index (κ2) is 42.1. The van der Waals surface area contributed by atoms with E-state index < -0.39 is 0 Å². The van der Waals surface area contributed by atoms with E-state index >= 15 is 0 Å². The highest BCUT2D eigenvalue weighted by Gasteiger charge is 1.97. The Morgan fingerprint density at radius 1 is 0.400 bits per heavy atom. The molecule has 0 bridgehead atoms. The Morgan fingerprint density at radius 2 is 0.600 bits per heavy atom. The molecule has 0 unspecified atom stereocenters. The van der Waals surface area contributed by atoms with Crippen LogP contribution < -0.4 is 11.5 Å². The van der Waals surface area contributed by atoms with Gasteiger partial charge in [0.2, 0.25) is 11.8 Å². The molecule has 7 nitrogen and oxygen atoms in total. The van der Waals surface area contributed by atoms with E-state index in [2.05, 4.69) is 29.3 Å². The van der Waals surface area contributed by atoms with E-state index in [0.717, 1.165) is 12.8 Å². The van der Waals surface area contributed by atoms with E-state index in [1.54, 1.807) is 12.4 Å². The Kier molecular flexibility index (Phi) is 42.3. The number of nitrogens with two attached hydrogens (primary N) is 2. The Balaban J connectivity index is 0. The number of carbonyl (C=O) groups is 2. The summed E-state index contributed by atoms with van der Waals surface area (Å²) < 4.78 is 0. The predicted molar refractivity (Wildman–Crippen MR) is 194 cm³/mol. The molecule has 5 N–H and O–H groups in total. The molecule has 0 spiro atoms. The summed E-state index contributed by atoms with van der Waals surface area (Å²) in [6.07, 6.45) is 44.9. The average molecular weight is 636 g/mol. The van der Waals surface area contributed by atoms with Crippen LogP contribution in [0.3, 0.4) is 0 Å². The first-order chi connectivity index (χ1) is 22.0. The minimum Gasteiger partial charge on any atom is -0.370 e. The first-order valence-electron chi connectivity index (χ1n) is 19.4. The standard InChI is InChI=1S/2C18H37NO.C2H3N3/c2*1-2-3-4-5-6-7-8-9-10-11-12-13-14-15-16-17-18(19)20;1-2-4-5-3-1/h2*2-17H2,1H3,(H2,19,20);1-2H,(H,3,4,5). The lowest BCUT2D eigenvalue weighted by Gasteiger charge is -2.03. The van der Waals surface area contributed by atoms with Gasteiger partial charge in [0, 0.05) is 12.8 Å². The smallest absolute Gasteiger partial charge is 0.217 e. The van der Waals surface area contributed by atoms with Crippen LogP contribution in [0, 0.1) is 0 Å². The molecule has 45 heavy (non-hydrogen) atoms. The van der Waals surface area contributed by atoms with E-state index in [1.165, 1.54) is 180 Å². The zero-order valence-corrected chi connectivity index (χ0v) is 30.1. The molecule has 0 aliphatic carbocycles. The van der Waals surface area contributed by atoms with Crippen molar-refractivity contribution in [2.24, 2.45) is 11.5 Å². The van der Waals surface area contributed by atoms with Gasteiger partial charge in [-0.3, -0.25) is 9.59 Å². The van der Waals surface area contributed by atoms with Gasteiger partial charge in [0.1, 0.15) is 0 Å². The summed E-state index contributed by atoms with van der Waals surface area (Å²) in [6, 6.07) is 0. The second-order valence-corrected chi connectivity index (χ2v) is 13.0. The molecule has 0 atom stereocenters.